The summed E-state index contributed by atoms with van der Waals surface area (Å²) in [5, 5.41) is 3.81. The average Bonchev–Trinajstić information content (AvgIpc) is 3.35. The molecule has 6 nitrogen and oxygen atoms in total. The van der Waals surface area contributed by atoms with Crippen LogP contribution >= 0.6 is 0 Å². The molecule has 0 aliphatic heterocycles. The minimum Gasteiger partial charge on any atom is -0.497 e. The molecule has 36 heavy (non-hydrogen) atoms. The average molecular weight is 493 g/mol. The largest absolute Gasteiger partial charge is 0.497 e. The van der Waals surface area contributed by atoms with Crippen LogP contribution < -0.4 is 4.74 Å². The molecule has 2 heterocycles. The van der Waals surface area contributed by atoms with Crippen LogP contribution in [0.2, 0.25) is 0 Å². The molecule has 0 bridgehead atoms. The highest BCUT2D eigenvalue weighted by atomic mass is 19.4. The minimum atomic E-state index is -4.85. The van der Waals surface area contributed by atoms with Gasteiger partial charge in [0.05, 0.1) is 25.6 Å². The summed E-state index contributed by atoms with van der Waals surface area (Å²) >= 11 is 0. The number of hydrogen-bond donors (Lipinski definition) is 0. The molecule has 0 atom stereocenters. The zero-order chi connectivity index (χ0) is 25.7. The van der Waals surface area contributed by atoms with Gasteiger partial charge in [-0.25, -0.2) is 14.5 Å². The van der Waals surface area contributed by atoms with E-state index in [1.807, 2.05) is 60.7 Å². The first-order valence-corrected chi connectivity index (χ1v) is 11.0. The van der Waals surface area contributed by atoms with Crippen LogP contribution in [0.1, 0.15) is 34.1 Å². The molecule has 4 rings (SSSR count). The normalized spacial score (nSPS) is 11.6. The van der Waals surface area contributed by atoms with Gasteiger partial charge in [-0.05, 0) is 42.3 Å². The first-order valence-electron chi connectivity index (χ1n) is 11.0. The van der Waals surface area contributed by atoms with E-state index >= 15 is 0 Å². The number of carbonyl (C=O) groups is 1. The molecule has 0 amide bonds. The Balaban J connectivity index is 1.73. The van der Waals surface area contributed by atoms with E-state index < -0.39 is 23.4 Å². The van der Waals surface area contributed by atoms with Crippen molar-refractivity contribution in [2.45, 2.75) is 13.1 Å². The molecule has 0 spiro atoms. The van der Waals surface area contributed by atoms with Crippen LogP contribution in [0, 0.1) is 0 Å². The number of pyridine rings is 1. The summed E-state index contributed by atoms with van der Waals surface area (Å²) in [5.41, 5.74) is 1.03. The molecule has 2 aromatic carbocycles. The van der Waals surface area contributed by atoms with Crippen molar-refractivity contribution in [1.82, 2.24) is 14.8 Å². The smallest absolute Gasteiger partial charge is 0.434 e. The lowest BCUT2D eigenvalue weighted by Gasteiger charge is -2.13. The summed E-state index contributed by atoms with van der Waals surface area (Å²) in [6.45, 7) is 1.46. The number of ether oxygens (including phenoxy) is 2. The van der Waals surface area contributed by atoms with Crippen molar-refractivity contribution in [2.24, 2.45) is 0 Å². The van der Waals surface area contributed by atoms with Crippen LogP contribution in [0.5, 0.6) is 5.75 Å². The molecule has 0 N–H and O–H groups in total. The number of hydrogen-bond acceptors (Lipinski definition) is 5. The topological polar surface area (TPSA) is 66.2 Å². The van der Waals surface area contributed by atoms with Crippen LogP contribution in [-0.2, 0) is 10.9 Å². The number of rotatable bonds is 7. The Bertz CT molecular complexity index is 1390. The molecule has 0 aliphatic carbocycles. The van der Waals surface area contributed by atoms with Crippen molar-refractivity contribution in [3.8, 4) is 22.8 Å². The Hall–Kier alpha value is -4.40. The quantitative estimate of drug-likeness (QED) is 0.223. The fourth-order valence-corrected chi connectivity index (χ4v) is 3.62. The number of esters is 1. The van der Waals surface area contributed by atoms with Crippen molar-refractivity contribution < 1.29 is 27.4 Å². The first kappa shape index (κ1) is 24.7. The maximum atomic E-state index is 13.9. The number of carbonyl (C=O) groups excluding carboxylic acids is 1. The van der Waals surface area contributed by atoms with Gasteiger partial charge >= 0.3 is 12.1 Å². The van der Waals surface area contributed by atoms with Crippen LogP contribution in [0.3, 0.4) is 0 Å². The van der Waals surface area contributed by atoms with Crippen molar-refractivity contribution in [3.63, 3.8) is 0 Å². The summed E-state index contributed by atoms with van der Waals surface area (Å²) < 4.78 is 52.3. The Morgan fingerprint density at radius 2 is 1.75 bits per heavy atom. The van der Waals surface area contributed by atoms with Crippen molar-refractivity contribution >= 4 is 18.1 Å². The third-order valence-corrected chi connectivity index (χ3v) is 5.29. The van der Waals surface area contributed by atoms with Crippen LogP contribution in [0.4, 0.5) is 13.2 Å². The number of nitrogens with zero attached hydrogens (tertiary/aromatic N) is 3. The highest BCUT2D eigenvalue weighted by molar-refractivity contribution is 5.90. The standard InChI is InChI=1S/C27H22F3N3O3/c1-3-36-26(34)22-17-31-33(25(22)27(28,29)30)24-10-6-9-23(32-24)21-8-5-4-7-19(21)14-11-18-12-15-20(35-2)16-13-18/h4-17H,3H2,1-2H3/b14-11+. The van der Waals surface area contributed by atoms with E-state index in [9.17, 15) is 18.0 Å². The Labute approximate surface area is 205 Å². The SMILES string of the molecule is CCOC(=O)c1cnn(-c2cccc(-c3ccccc3/C=C/c3ccc(OC)cc3)n2)c1C(F)(F)F. The second-order valence-electron chi connectivity index (χ2n) is 7.61. The summed E-state index contributed by atoms with van der Waals surface area (Å²) in [4.78, 5) is 16.5. The lowest BCUT2D eigenvalue weighted by Crippen LogP contribution is -2.19. The lowest BCUT2D eigenvalue weighted by atomic mass is 10.0. The summed E-state index contributed by atoms with van der Waals surface area (Å²) in [6, 6.07) is 19.6. The number of alkyl halides is 3. The molecule has 4 aromatic rings. The zero-order valence-corrected chi connectivity index (χ0v) is 19.5. The van der Waals surface area contributed by atoms with Crippen molar-refractivity contribution in [3.05, 3.63) is 95.3 Å². The maximum absolute atomic E-state index is 13.9. The molecule has 0 saturated carbocycles. The number of benzene rings is 2. The van der Waals surface area contributed by atoms with Crippen LogP contribution in [0.25, 0.3) is 29.2 Å². The van der Waals surface area contributed by atoms with Crippen LogP contribution in [0.15, 0.2) is 72.9 Å². The monoisotopic (exact) mass is 493 g/mol. The van der Waals surface area contributed by atoms with Crippen LogP contribution in [-0.4, -0.2) is 34.5 Å². The molecule has 9 heteroatoms. The van der Waals surface area contributed by atoms with Gasteiger partial charge < -0.3 is 9.47 Å². The Kier molecular flexibility index (Phi) is 7.19. The second-order valence-corrected chi connectivity index (χ2v) is 7.61. The predicted molar refractivity (Wildman–Crippen MR) is 130 cm³/mol. The van der Waals surface area contributed by atoms with Gasteiger partial charge in [-0.3, -0.25) is 0 Å². The molecule has 0 saturated heterocycles. The van der Waals surface area contributed by atoms with Crippen molar-refractivity contribution in [2.75, 3.05) is 13.7 Å². The highest BCUT2D eigenvalue weighted by Crippen LogP contribution is 2.34. The van der Waals surface area contributed by atoms with E-state index in [-0.39, 0.29) is 12.4 Å². The fraction of sp³-hybridized carbons (Fsp3) is 0.148. The van der Waals surface area contributed by atoms with Gasteiger partial charge in [-0.2, -0.15) is 18.3 Å². The predicted octanol–water partition coefficient (Wildman–Crippen LogP) is 6.31. The van der Waals surface area contributed by atoms with Gasteiger partial charge in [-0.15, -0.1) is 0 Å². The lowest BCUT2D eigenvalue weighted by molar-refractivity contribution is -0.143. The molecule has 184 valence electrons. The Morgan fingerprint density at radius 1 is 1.00 bits per heavy atom. The molecular weight excluding hydrogens is 471 g/mol. The highest BCUT2D eigenvalue weighted by Gasteiger charge is 2.41. The van der Waals surface area contributed by atoms with E-state index in [1.54, 1.807) is 19.2 Å². The van der Waals surface area contributed by atoms with Gasteiger partial charge in [-0.1, -0.05) is 54.6 Å². The maximum Gasteiger partial charge on any atom is 0.434 e. The number of methoxy groups -OCH3 is 1. The van der Waals surface area contributed by atoms with Gasteiger partial charge in [0.1, 0.15) is 11.3 Å². The van der Waals surface area contributed by atoms with E-state index in [2.05, 4.69) is 10.1 Å². The van der Waals surface area contributed by atoms with E-state index in [4.69, 9.17) is 9.47 Å². The third-order valence-electron chi connectivity index (χ3n) is 5.29. The first-order chi connectivity index (χ1) is 17.3. The van der Waals surface area contributed by atoms with E-state index in [1.165, 1.54) is 13.0 Å². The fourth-order valence-electron chi connectivity index (χ4n) is 3.62. The zero-order valence-electron chi connectivity index (χ0n) is 19.5. The molecule has 0 fully saturated rings. The van der Waals surface area contributed by atoms with E-state index in [0.29, 0.717) is 10.4 Å². The van der Waals surface area contributed by atoms with Crippen molar-refractivity contribution in [1.29, 1.82) is 0 Å². The summed E-state index contributed by atoms with van der Waals surface area (Å²) in [5.74, 6) is -0.429. The second kappa shape index (κ2) is 10.5. The molecule has 2 aromatic heterocycles. The van der Waals surface area contributed by atoms with E-state index in [0.717, 1.165) is 28.6 Å². The summed E-state index contributed by atoms with van der Waals surface area (Å²) in [7, 11) is 1.60. The van der Waals surface area contributed by atoms with Gasteiger partial charge in [0, 0.05) is 5.56 Å². The molecule has 0 unspecified atom stereocenters. The molecule has 0 radical (unpaired) electrons. The number of halogens is 3. The van der Waals surface area contributed by atoms with Gasteiger partial charge in [0.25, 0.3) is 0 Å². The molecule has 0 aliphatic rings. The third kappa shape index (κ3) is 5.30. The van der Waals surface area contributed by atoms with Gasteiger partial charge in [0.15, 0.2) is 11.5 Å². The minimum absolute atomic E-state index is 0.0596. The number of aromatic nitrogens is 3. The Morgan fingerprint density at radius 3 is 2.44 bits per heavy atom. The van der Waals surface area contributed by atoms with Gasteiger partial charge in [0.2, 0.25) is 0 Å². The molecular formula is C27H22F3N3O3. The summed E-state index contributed by atoms with van der Waals surface area (Å²) in [6.07, 6.45) is -0.182.